The molecule has 0 aromatic carbocycles. The largest absolute Gasteiger partial charge is 0.324 e. The van der Waals surface area contributed by atoms with E-state index in [2.05, 4.69) is 10.3 Å². The highest BCUT2D eigenvalue weighted by Crippen LogP contribution is 2.23. The number of nitrogens with zero attached hydrogens (tertiary/aromatic N) is 1. The average Bonchev–Trinajstić information content (AvgIpc) is 2.31. The van der Waals surface area contributed by atoms with Crippen LogP contribution in [0.15, 0.2) is 12.3 Å². The van der Waals surface area contributed by atoms with Gasteiger partial charge in [-0.15, -0.1) is 0 Å². The summed E-state index contributed by atoms with van der Waals surface area (Å²) in [5.41, 5.74) is 2.85. The molecule has 0 fully saturated rings. The van der Waals surface area contributed by atoms with E-state index in [1.54, 1.807) is 6.20 Å². The van der Waals surface area contributed by atoms with Crippen LogP contribution in [0.4, 0.5) is 5.69 Å². The summed E-state index contributed by atoms with van der Waals surface area (Å²) in [6, 6.07) is 1.89. The molecule has 0 bridgehead atoms. The first-order valence-corrected chi connectivity index (χ1v) is 3.52. The Balaban J connectivity index is 2.57. The zero-order chi connectivity index (χ0) is 7.84. The summed E-state index contributed by atoms with van der Waals surface area (Å²) in [5.74, 6) is 0.0433. The van der Waals surface area contributed by atoms with Gasteiger partial charge in [0.1, 0.15) is 0 Å². The molecule has 0 radical (unpaired) electrons. The number of aryl methyl sites for hydroxylation is 1. The highest BCUT2D eigenvalue weighted by molar-refractivity contribution is 5.99. The zero-order valence-corrected chi connectivity index (χ0v) is 6.22. The van der Waals surface area contributed by atoms with Crippen LogP contribution in [0.3, 0.4) is 0 Å². The van der Waals surface area contributed by atoms with Gasteiger partial charge in [0.15, 0.2) is 0 Å². The number of rotatable bonds is 0. The summed E-state index contributed by atoms with van der Waals surface area (Å²) in [6.07, 6.45) is 2.16. The van der Waals surface area contributed by atoms with Crippen LogP contribution in [0, 0.1) is 6.92 Å². The molecule has 1 N–H and O–H groups in total. The van der Waals surface area contributed by atoms with Gasteiger partial charge < -0.3 is 5.32 Å². The molecule has 3 nitrogen and oxygen atoms in total. The van der Waals surface area contributed by atoms with E-state index in [1.165, 1.54) is 0 Å². The summed E-state index contributed by atoms with van der Waals surface area (Å²) >= 11 is 0. The molecular formula is C8H8N2O. The van der Waals surface area contributed by atoms with Crippen LogP contribution >= 0.6 is 0 Å². The fourth-order valence-corrected chi connectivity index (χ4v) is 1.25. The average molecular weight is 148 g/mol. The smallest absolute Gasteiger partial charge is 0.230 e. The number of amides is 1. The first-order valence-electron chi connectivity index (χ1n) is 3.52. The lowest BCUT2D eigenvalue weighted by atomic mass is 10.2. The van der Waals surface area contributed by atoms with E-state index >= 15 is 0 Å². The molecule has 56 valence electrons. The Hall–Kier alpha value is -1.38. The minimum Gasteiger partial charge on any atom is -0.324 e. The maximum Gasteiger partial charge on any atom is 0.230 e. The Morgan fingerprint density at radius 2 is 2.45 bits per heavy atom. The van der Waals surface area contributed by atoms with Crippen molar-refractivity contribution in [3.05, 3.63) is 23.5 Å². The van der Waals surface area contributed by atoms with Crippen molar-refractivity contribution in [3.8, 4) is 0 Å². The van der Waals surface area contributed by atoms with E-state index in [0.29, 0.717) is 6.42 Å². The summed E-state index contributed by atoms with van der Waals surface area (Å²) < 4.78 is 0. The molecule has 0 saturated heterocycles. The minimum atomic E-state index is 0.0433. The zero-order valence-electron chi connectivity index (χ0n) is 6.22. The maximum atomic E-state index is 10.9. The molecule has 2 rings (SSSR count). The van der Waals surface area contributed by atoms with Crippen molar-refractivity contribution in [1.29, 1.82) is 0 Å². The minimum absolute atomic E-state index is 0.0433. The van der Waals surface area contributed by atoms with Gasteiger partial charge in [-0.2, -0.15) is 0 Å². The number of hydrogen-bond acceptors (Lipinski definition) is 2. The third kappa shape index (κ3) is 0.888. The summed E-state index contributed by atoms with van der Waals surface area (Å²) in [7, 11) is 0. The number of nitrogens with one attached hydrogen (secondary N) is 1. The van der Waals surface area contributed by atoms with Gasteiger partial charge in [0.2, 0.25) is 5.91 Å². The lowest BCUT2D eigenvalue weighted by Crippen LogP contribution is -2.04. The topological polar surface area (TPSA) is 42.0 Å². The second-order valence-electron chi connectivity index (χ2n) is 2.67. The quantitative estimate of drug-likeness (QED) is 0.593. The van der Waals surface area contributed by atoms with Crippen molar-refractivity contribution >= 4 is 11.6 Å². The van der Waals surface area contributed by atoms with E-state index in [0.717, 1.165) is 16.9 Å². The van der Waals surface area contributed by atoms with Gasteiger partial charge in [-0.1, -0.05) is 0 Å². The Bertz CT molecular complexity index is 320. The van der Waals surface area contributed by atoms with Crippen LogP contribution in [0.2, 0.25) is 0 Å². The van der Waals surface area contributed by atoms with E-state index < -0.39 is 0 Å². The second kappa shape index (κ2) is 2.05. The van der Waals surface area contributed by atoms with Crippen molar-refractivity contribution in [1.82, 2.24) is 4.98 Å². The molecule has 0 aliphatic carbocycles. The van der Waals surface area contributed by atoms with Crippen LogP contribution in [0.25, 0.3) is 0 Å². The van der Waals surface area contributed by atoms with Crippen molar-refractivity contribution in [3.63, 3.8) is 0 Å². The van der Waals surface area contributed by atoms with Gasteiger partial charge in [-0.05, 0) is 18.6 Å². The predicted molar refractivity (Wildman–Crippen MR) is 41.3 cm³/mol. The van der Waals surface area contributed by atoms with Crippen LogP contribution in [0.1, 0.15) is 11.3 Å². The fraction of sp³-hybridized carbons (Fsp3) is 0.250. The van der Waals surface area contributed by atoms with Crippen molar-refractivity contribution < 1.29 is 4.79 Å². The molecule has 1 aliphatic heterocycles. The molecule has 11 heavy (non-hydrogen) atoms. The molecule has 1 aromatic rings. The summed E-state index contributed by atoms with van der Waals surface area (Å²) in [4.78, 5) is 15.0. The number of anilines is 1. The van der Waals surface area contributed by atoms with Crippen molar-refractivity contribution in [2.45, 2.75) is 13.3 Å². The third-order valence-corrected chi connectivity index (χ3v) is 1.83. The van der Waals surface area contributed by atoms with Gasteiger partial charge in [0, 0.05) is 6.20 Å². The number of hydrogen-bond donors (Lipinski definition) is 1. The Labute approximate surface area is 64.5 Å². The number of aromatic nitrogens is 1. The third-order valence-electron chi connectivity index (χ3n) is 1.83. The molecule has 0 spiro atoms. The molecular weight excluding hydrogens is 140 g/mol. The summed E-state index contributed by atoms with van der Waals surface area (Å²) in [5, 5.41) is 2.76. The highest BCUT2D eigenvalue weighted by Gasteiger charge is 2.19. The number of fused-ring (bicyclic) bond motifs is 1. The first kappa shape index (κ1) is 6.34. The van der Waals surface area contributed by atoms with Crippen LogP contribution in [-0.2, 0) is 11.2 Å². The van der Waals surface area contributed by atoms with Crippen LogP contribution in [0.5, 0.6) is 0 Å². The SMILES string of the molecule is Cc1ccnc2c1NC(=O)C2. The monoisotopic (exact) mass is 148 g/mol. The number of carbonyl (C=O) groups excluding carboxylic acids is 1. The van der Waals surface area contributed by atoms with Gasteiger partial charge in [0.05, 0.1) is 17.8 Å². The Morgan fingerprint density at radius 1 is 1.64 bits per heavy atom. The molecule has 0 unspecified atom stereocenters. The normalized spacial score (nSPS) is 14.5. The fourth-order valence-electron chi connectivity index (χ4n) is 1.25. The van der Waals surface area contributed by atoms with Crippen LogP contribution in [-0.4, -0.2) is 10.9 Å². The van der Waals surface area contributed by atoms with Crippen molar-refractivity contribution in [2.75, 3.05) is 5.32 Å². The summed E-state index contributed by atoms with van der Waals surface area (Å²) in [6.45, 7) is 1.96. The lowest BCUT2D eigenvalue weighted by molar-refractivity contribution is -0.115. The maximum absolute atomic E-state index is 10.9. The molecule has 0 saturated carbocycles. The van der Waals surface area contributed by atoms with Crippen LogP contribution < -0.4 is 5.32 Å². The van der Waals surface area contributed by atoms with Gasteiger partial charge in [0.25, 0.3) is 0 Å². The Kier molecular flexibility index (Phi) is 1.18. The standard InChI is InChI=1S/C8H8N2O/c1-5-2-3-9-6-4-7(11)10-8(5)6/h2-3H,4H2,1H3,(H,10,11). The Morgan fingerprint density at radius 3 is 3.18 bits per heavy atom. The number of pyridine rings is 1. The molecule has 1 aromatic heterocycles. The van der Waals surface area contributed by atoms with E-state index in [1.807, 2.05) is 13.0 Å². The molecule has 1 aliphatic rings. The molecule has 3 heteroatoms. The lowest BCUT2D eigenvalue weighted by Gasteiger charge is -1.99. The van der Waals surface area contributed by atoms with Gasteiger partial charge in [-0.3, -0.25) is 9.78 Å². The molecule has 2 heterocycles. The van der Waals surface area contributed by atoms with E-state index in [4.69, 9.17) is 0 Å². The van der Waals surface area contributed by atoms with Gasteiger partial charge in [-0.25, -0.2) is 0 Å². The highest BCUT2D eigenvalue weighted by atomic mass is 16.1. The van der Waals surface area contributed by atoms with E-state index in [-0.39, 0.29) is 5.91 Å². The van der Waals surface area contributed by atoms with Crippen molar-refractivity contribution in [2.24, 2.45) is 0 Å². The van der Waals surface area contributed by atoms with E-state index in [9.17, 15) is 4.79 Å². The first-order chi connectivity index (χ1) is 5.27. The van der Waals surface area contributed by atoms with Gasteiger partial charge >= 0.3 is 0 Å². The predicted octanol–water partition coefficient (Wildman–Crippen LogP) is 0.885. The number of carbonyl (C=O) groups is 1. The second-order valence-corrected chi connectivity index (χ2v) is 2.67. The molecule has 0 atom stereocenters. The molecule has 1 amide bonds.